The maximum absolute atomic E-state index is 11.9. The van der Waals surface area contributed by atoms with E-state index in [1.165, 1.54) is 0 Å². The molecule has 0 spiro atoms. The van der Waals surface area contributed by atoms with Crippen molar-refractivity contribution < 1.29 is 13.2 Å². The zero-order valence-electron chi connectivity index (χ0n) is 10.6. The lowest BCUT2D eigenvalue weighted by Gasteiger charge is -2.10. The fraction of sp³-hybridized carbons (Fsp3) is 0.417. The summed E-state index contributed by atoms with van der Waals surface area (Å²) in [6.07, 6.45) is 0.315. The van der Waals surface area contributed by atoms with Crippen LogP contribution in [0.5, 0.6) is 0 Å². The van der Waals surface area contributed by atoms with E-state index in [0.717, 1.165) is 11.1 Å². The highest BCUT2D eigenvalue weighted by Crippen LogP contribution is 2.12. The van der Waals surface area contributed by atoms with E-state index in [4.69, 9.17) is 5.14 Å². The third-order valence-electron chi connectivity index (χ3n) is 2.60. The monoisotopic (exact) mass is 270 g/mol. The van der Waals surface area contributed by atoms with E-state index < -0.39 is 10.0 Å². The average Bonchev–Trinajstić information content (AvgIpc) is 2.23. The summed E-state index contributed by atoms with van der Waals surface area (Å²) in [5.41, 5.74) is 2.45. The highest BCUT2D eigenvalue weighted by molar-refractivity contribution is 7.89. The number of aryl methyl sites for hydroxylation is 2. The number of rotatable bonds is 5. The second-order valence-electron chi connectivity index (χ2n) is 4.24. The summed E-state index contributed by atoms with van der Waals surface area (Å²) in [4.78, 5) is 11.9. The van der Waals surface area contributed by atoms with Crippen LogP contribution in [-0.2, 0) is 10.0 Å². The Bertz CT molecular complexity index is 518. The van der Waals surface area contributed by atoms with Crippen LogP contribution < -0.4 is 10.5 Å². The minimum absolute atomic E-state index is 0.125. The van der Waals surface area contributed by atoms with E-state index in [1.807, 2.05) is 32.0 Å². The fourth-order valence-corrected chi connectivity index (χ4v) is 2.28. The van der Waals surface area contributed by atoms with Crippen LogP contribution in [0.2, 0.25) is 0 Å². The molecule has 3 N–H and O–H groups in total. The number of amides is 1. The van der Waals surface area contributed by atoms with E-state index in [2.05, 4.69) is 5.32 Å². The number of primary sulfonamides is 1. The van der Waals surface area contributed by atoms with E-state index >= 15 is 0 Å². The van der Waals surface area contributed by atoms with Gasteiger partial charge >= 0.3 is 0 Å². The number of nitrogens with one attached hydrogen (secondary N) is 1. The van der Waals surface area contributed by atoms with Crippen molar-refractivity contribution in [1.82, 2.24) is 5.32 Å². The molecule has 0 fully saturated rings. The number of carbonyl (C=O) groups is 1. The van der Waals surface area contributed by atoms with Crippen molar-refractivity contribution in [2.75, 3.05) is 12.3 Å². The average molecular weight is 270 g/mol. The molecular formula is C12H18N2O3S. The van der Waals surface area contributed by atoms with E-state index in [9.17, 15) is 13.2 Å². The van der Waals surface area contributed by atoms with Crippen molar-refractivity contribution in [3.63, 3.8) is 0 Å². The SMILES string of the molecule is Cc1cccc(C)c1C(=O)NCCCS(N)(=O)=O. The van der Waals surface area contributed by atoms with Crippen LogP contribution in [0.25, 0.3) is 0 Å². The Hall–Kier alpha value is -1.40. The van der Waals surface area contributed by atoms with E-state index in [-0.39, 0.29) is 11.7 Å². The van der Waals surface area contributed by atoms with Crippen molar-refractivity contribution in [1.29, 1.82) is 0 Å². The van der Waals surface area contributed by atoms with Gasteiger partial charge in [-0.25, -0.2) is 13.6 Å². The summed E-state index contributed by atoms with van der Waals surface area (Å²) in [5.74, 6) is -0.306. The van der Waals surface area contributed by atoms with Gasteiger partial charge in [0.15, 0.2) is 0 Å². The molecule has 0 atom stereocenters. The second-order valence-corrected chi connectivity index (χ2v) is 5.98. The van der Waals surface area contributed by atoms with Gasteiger partial charge in [-0.3, -0.25) is 4.79 Å². The summed E-state index contributed by atoms with van der Waals surface area (Å²) < 4.78 is 21.4. The Balaban J connectivity index is 2.56. The first-order valence-electron chi connectivity index (χ1n) is 5.66. The number of hydrogen-bond acceptors (Lipinski definition) is 3. The lowest BCUT2D eigenvalue weighted by molar-refractivity contribution is 0.0952. The Morgan fingerprint density at radius 3 is 2.33 bits per heavy atom. The van der Waals surface area contributed by atoms with Gasteiger partial charge in [-0.2, -0.15) is 0 Å². The van der Waals surface area contributed by atoms with Crippen LogP contribution in [0.3, 0.4) is 0 Å². The minimum atomic E-state index is -3.45. The number of carbonyl (C=O) groups excluding carboxylic acids is 1. The van der Waals surface area contributed by atoms with Crippen molar-refractivity contribution in [2.45, 2.75) is 20.3 Å². The molecule has 1 aromatic carbocycles. The van der Waals surface area contributed by atoms with Gasteiger partial charge in [0.1, 0.15) is 0 Å². The van der Waals surface area contributed by atoms with Gasteiger partial charge in [0, 0.05) is 12.1 Å². The molecule has 0 saturated carbocycles. The molecule has 100 valence electrons. The highest BCUT2D eigenvalue weighted by atomic mass is 32.2. The summed E-state index contributed by atoms with van der Waals surface area (Å²) in [6, 6.07) is 5.63. The molecule has 18 heavy (non-hydrogen) atoms. The van der Waals surface area contributed by atoms with Gasteiger partial charge in [0.25, 0.3) is 5.91 Å². The molecule has 0 heterocycles. The van der Waals surface area contributed by atoms with Gasteiger partial charge in [-0.1, -0.05) is 18.2 Å². The summed E-state index contributed by atoms with van der Waals surface area (Å²) in [5, 5.41) is 7.57. The molecule has 0 saturated heterocycles. The van der Waals surface area contributed by atoms with Crippen LogP contribution in [-0.4, -0.2) is 26.6 Å². The first-order valence-corrected chi connectivity index (χ1v) is 7.37. The van der Waals surface area contributed by atoms with Crippen LogP contribution in [0, 0.1) is 13.8 Å². The normalized spacial score (nSPS) is 11.3. The minimum Gasteiger partial charge on any atom is -0.352 e. The molecule has 0 aliphatic rings. The number of benzene rings is 1. The third kappa shape index (κ3) is 4.46. The van der Waals surface area contributed by atoms with Gasteiger partial charge in [0.2, 0.25) is 10.0 Å². The molecule has 1 amide bonds. The molecule has 0 radical (unpaired) electrons. The van der Waals surface area contributed by atoms with Crippen LogP contribution in [0.4, 0.5) is 0 Å². The summed E-state index contributed by atoms with van der Waals surface area (Å²) in [6.45, 7) is 4.03. The maximum atomic E-state index is 11.9. The molecule has 0 unspecified atom stereocenters. The third-order valence-corrected chi connectivity index (χ3v) is 3.46. The van der Waals surface area contributed by atoms with Gasteiger partial charge in [-0.15, -0.1) is 0 Å². The maximum Gasteiger partial charge on any atom is 0.251 e. The molecular weight excluding hydrogens is 252 g/mol. The van der Waals surface area contributed by atoms with Crippen molar-refractivity contribution >= 4 is 15.9 Å². The molecule has 0 aliphatic heterocycles. The van der Waals surface area contributed by atoms with Crippen LogP contribution >= 0.6 is 0 Å². The van der Waals surface area contributed by atoms with E-state index in [0.29, 0.717) is 18.5 Å². The topological polar surface area (TPSA) is 89.3 Å². The molecule has 6 heteroatoms. The number of hydrogen-bond donors (Lipinski definition) is 2. The number of nitrogens with two attached hydrogens (primary N) is 1. The van der Waals surface area contributed by atoms with Crippen molar-refractivity contribution in [2.24, 2.45) is 5.14 Å². The Morgan fingerprint density at radius 2 is 1.83 bits per heavy atom. The fourth-order valence-electron chi connectivity index (χ4n) is 1.74. The predicted molar refractivity (Wildman–Crippen MR) is 70.8 cm³/mol. The molecule has 0 bridgehead atoms. The Labute approximate surface area is 107 Å². The lowest BCUT2D eigenvalue weighted by Crippen LogP contribution is -2.28. The van der Waals surface area contributed by atoms with Crippen LogP contribution in [0.15, 0.2) is 18.2 Å². The largest absolute Gasteiger partial charge is 0.352 e. The van der Waals surface area contributed by atoms with Crippen LogP contribution in [0.1, 0.15) is 27.9 Å². The standard InChI is InChI=1S/C12H18N2O3S/c1-9-5-3-6-10(2)11(9)12(15)14-7-4-8-18(13,16)17/h3,5-6H,4,7-8H2,1-2H3,(H,14,15)(H2,13,16,17). The first-order chi connectivity index (χ1) is 8.31. The second kappa shape index (κ2) is 5.97. The van der Waals surface area contributed by atoms with E-state index in [1.54, 1.807) is 0 Å². The lowest BCUT2D eigenvalue weighted by atomic mass is 10.0. The zero-order valence-corrected chi connectivity index (χ0v) is 11.4. The zero-order chi connectivity index (χ0) is 13.8. The van der Waals surface area contributed by atoms with Gasteiger partial charge < -0.3 is 5.32 Å². The molecule has 1 rings (SSSR count). The smallest absolute Gasteiger partial charge is 0.251 e. The predicted octanol–water partition coefficient (Wildman–Crippen LogP) is 0.712. The first kappa shape index (κ1) is 14.7. The summed E-state index contributed by atoms with van der Waals surface area (Å²) >= 11 is 0. The highest BCUT2D eigenvalue weighted by Gasteiger charge is 2.11. The molecule has 0 aromatic heterocycles. The summed E-state index contributed by atoms with van der Waals surface area (Å²) in [7, 11) is -3.45. The Morgan fingerprint density at radius 1 is 1.28 bits per heavy atom. The quantitative estimate of drug-likeness (QED) is 0.772. The number of sulfonamides is 1. The van der Waals surface area contributed by atoms with Gasteiger partial charge in [0.05, 0.1) is 5.75 Å². The van der Waals surface area contributed by atoms with Crippen molar-refractivity contribution in [3.8, 4) is 0 Å². The Kier molecular flexibility index (Phi) is 4.86. The molecule has 5 nitrogen and oxygen atoms in total. The molecule has 0 aliphatic carbocycles. The van der Waals surface area contributed by atoms with Crippen molar-refractivity contribution in [3.05, 3.63) is 34.9 Å². The molecule has 1 aromatic rings. The van der Waals surface area contributed by atoms with Gasteiger partial charge in [-0.05, 0) is 31.4 Å².